The van der Waals surface area contributed by atoms with Gasteiger partial charge >= 0.3 is 5.97 Å². The lowest BCUT2D eigenvalue weighted by atomic mass is 10.1. The SMILES string of the molecule is CCOC(=O)c1ccc(N(Cc2c(Cl)cccc2Cl)C(=S)NC(=O)c2ccc(Cl)cc2Cl)cc1. The number of ether oxygens (including phenoxy) is 1. The lowest BCUT2D eigenvalue weighted by Crippen LogP contribution is -2.42. The summed E-state index contributed by atoms with van der Waals surface area (Å²) in [6, 6.07) is 16.3. The summed E-state index contributed by atoms with van der Waals surface area (Å²) >= 11 is 30.4. The molecule has 5 nitrogen and oxygen atoms in total. The van der Waals surface area contributed by atoms with Crippen LogP contribution in [0.4, 0.5) is 5.69 Å². The van der Waals surface area contributed by atoms with Gasteiger partial charge in [-0.2, -0.15) is 0 Å². The Morgan fingerprint density at radius 2 is 1.59 bits per heavy atom. The van der Waals surface area contributed by atoms with Gasteiger partial charge in [-0.1, -0.05) is 52.5 Å². The first-order valence-electron chi connectivity index (χ1n) is 9.99. The van der Waals surface area contributed by atoms with Crippen LogP contribution in [-0.2, 0) is 11.3 Å². The van der Waals surface area contributed by atoms with Crippen LogP contribution in [0.15, 0.2) is 60.7 Å². The summed E-state index contributed by atoms with van der Waals surface area (Å²) in [6.07, 6.45) is 0. The zero-order chi connectivity index (χ0) is 24.8. The van der Waals surface area contributed by atoms with Gasteiger partial charge in [-0.15, -0.1) is 0 Å². The standard InChI is InChI=1S/C24H18Cl4N2O3S/c1-2-33-23(32)14-6-9-16(10-7-14)30(13-18-19(26)4-3-5-20(18)27)24(34)29-22(31)17-11-8-15(25)12-21(17)28/h3-12H,2,13H2,1H3,(H,29,31,34). The topological polar surface area (TPSA) is 58.6 Å². The monoisotopic (exact) mass is 554 g/mol. The van der Waals surface area contributed by atoms with Crippen molar-refractivity contribution in [1.29, 1.82) is 0 Å². The molecule has 0 atom stereocenters. The molecule has 1 amide bonds. The summed E-state index contributed by atoms with van der Waals surface area (Å²) < 4.78 is 5.03. The van der Waals surface area contributed by atoms with Crippen molar-refractivity contribution in [2.24, 2.45) is 0 Å². The zero-order valence-corrected chi connectivity index (χ0v) is 21.6. The van der Waals surface area contributed by atoms with E-state index in [0.717, 1.165) is 0 Å². The Balaban J connectivity index is 1.93. The molecule has 0 fully saturated rings. The summed E-state index contributed by atoms with van der Waals surface area (Å²) in [5.41, 5.74) is 1.80. The number of nitrogens with one attached hydrogen (secondary N) is 1. The maximum absolute atomic E-state index is 12.9. The third-order valence-electron chi connectivity index (χ3n) is 4.71. The van der Waals surface area contributed by atoms with E-state index < -0.39 is 11.9 Å². The molecule has 0 aromatic heterocycles. The largest absolute Gasteiger partial charge is 0.462 e. The van der Waals surface area contributed by atoms with Crippen molar-refractivity contribution in [3.05, 3.63) is 97.4 Å². The molecule has 176 valence electrons. The van der Waals surface area contributed by atoms with E-state index in [1.165, 1.54) is 12.1 Å². The van der Waals surface area contributed by atoms with Crippen LogP contribution in [0.5, 0.6) is 0 Å². The number of hydrogen-bond acceptors (Lipinski definition) is 4. The van der Waals surface area contributed by atoms with Crippen molar-refractivity contribution in [3.8, 4) is 0 Å². The predicted molar refractivity (Wildman–Crippen MR) is 142 cm³/mol. The Hall–Kier alpha value is -2.35. The normalized spacial score (nSPS) is 10.5. The number of amides is 1. The number of carbonyl (C=O) groups excluding carboxylic acids is 2. The van der Waals surface area contributed by atoms with Crippen LogP contribution in [0.2, 0.25) is 20.1 Å². The van der Waals surface area contributed by atoms with E-state index in [1.807, 2.05) is 0 Å². The number of halogens is 4. The van der Waals surface area contributed by atoms with E-state index in [1.54, 1.807) is 60.4 Å². The van der Waals surface area contributed by atoms with Crippen molar-refractivity contribution in [3.63, 3.8) is 0 Å². The molecule has 0 aliphatic carbocycles. The van der Waals surface area contributed by atoms with Gasteiger partial charge in [0, 0.05) is 26.3 Å². The molecule has 0 radical (unpaired) electrons. The first kappa shape index (κ1) is 26.3. The fourth-order valence-electron chi connectivity index (χ4n) is 3.02. The van der Waals surface area contributed by atoms with Gasteiger partial charge < -0.3 is 9.64 Å². The molecule has 0 unspecified atom stereocenters. The van der Waals surface area contributed by atoms with Crippen molar-refractivity contribution < 1.29 is 14.3 Å². The van der Waals surface area contributed by atoms with Crippen LogP contribution in [0.25, 0.3) is 0 Å². The van der Waals surface area contributed by atoms with E-state index in [4.69, 9.17) is 63.4 Å². The Bertz CT molecular complexity index is 1220. The summed E-state index contributed by atoms with van der Waals surface area (Å²) in [4.78, 5) is 26.5. The highest BCUT2D eigenvalue weighted by Crippen LogP contribution is 2.28. The molecule has 3 aromatic rings. The molecule has 0 spiro atoms. The quantitative estimate of drug-likeness (QED) is 0.257. The molecular formula is C24H18Cl4N2O3S. The second-order valence-electron chi connectivity index (χ2n) is 6.94. The summed E-state index contributed by atoms with van der Waals surface area (Å²) in [5.74, 6) is -0.951. The van der Waals surface area contributed by atoms with Gasteiger partial charge in [-0.05, 0) is 73.7 Å². The van der Waals surface area contributed by atoms with E-state index in [2.05, 4.69) is 5.32 Å². The number of hydrogen-bond donors (Lipinski definition) is 1. The Morgan fingerprint density at radius 3 is 2.18 bits per heavy atom. The number of thiocarbonyl (C=S) groups is 1. The van der Waals surface area contributed by atoms with Gasteiger partial charge in [0.2, 0.25) is 0 Å². The summed E-state index contributed by atoms with van der Waals surface area (Å²) in [7, 11) is 0. The molecule has 0 saturated heterocycles. The van der Waals surface area contributed by atoms with Crippen LogP contribution >= 0.6 is 58.6 Å². The molecule has 0 aliphatic heterocycles. The van der Waals surface area contributed by atoms with E-state index >= 15 is 0 Å². The van der Waals surface area contributed by atoms with Crippen LogP contribution in [-0.4, -0.2) is 23.6 Å². The van der Waals surface area contributed by atoms with Gasteiger partial charge in [-0.25, -0.2) is 4.79 Å². The molecular weight excluding hydrogens is 538 g/mol. The minimum Gasteiger partial charge on any atom is -0.462 e. The van der Waals surface area contributed by atoms with E-state index in [-0.39, 0.29) is 28.9 Å². The smallest absolute Gasteiger partial charge is 0.338 e. The molecule has 0 heterocycles. The molecule has 3 aromatic carbocycles. The minimum absolute atomic E-state index is 0.0795. The molecule has 0 bridgehead atoms. The van der Waals surface area contributed by atoms with Crippen LogP contribution < -0.4 is 10.2 Å². The average molecular weight is 556 g/mol. The third-order valence-corrected chi connectivity index (χ3v) is 6.29. The number of anilines is 1. The third kappa shape index (κ3) is 6.40. The van der Waals surface area contributed by atoms with Crippen molar-refractivity contribution >= 4 is 81.3 Å². The maximum Gasteiger partial charge on any atom is 0.338 e. The zero-order valence-electron chi connectivity index (χ0n) is 17.8. The van der Waals surface area contributed by atoms with Crippen molar-refractivity contribution in [2.75, 3.05) is 11.5 Å². The van der Waals surface area contributed by atoms with Gasteiger partial charge in [-0.3, -0.25) is 10.1 Å². The van der Waals surface area contributed by atoms with Crippen LogP contribution in [0.1, 0.15) is 33.2 Å². The molecule has 0 saturated carbocycles. The van der Waals surface area contributed by atoms with Gasteiger partial charge in [0.25, 0.3) is 5.91 Å². The van der Waals surface area contributed by atoms with Crippen LogP contribution in [0, 0.1) is 0 Å². The minimum atomic E-state index is -0.509. The lowest BCUT2D eigenvalue weighted by Gasteiger charge is -2.27. The number of carbonyl (C=O) groups is 2. The fraction of sp³-hybridized carbons (Fsp3) is 0.125. The highest BCUT2D eigenvalue weighted by atomic mass is 35.5. The second-order valence-corrected chi connectivity index (χ2v) is 8.98. The maximum atomic E-state index is 12.9. The van der Waals surface area contributed by atoms with Gasteiger partial charge in [0.15, 0.2) is 5.11 Å². The number of esters is 1. The van der Waals surface area contributed by atoms with Crippen molar-refractivity contribution in [2.45, 2.75) is 13.5 Å². The van der Waals surface area contributed by atoms with Gasteiger partial charge in [0.05, 0.1) is 29.3 Å². The fourth-order valence-corrected chi connectivity index (χ4v) is 4.29. The highest BCUT2D eigenvalue weighted by molar-refractivity contribution is 7.80. The highest BCUT2D eigenvalue weighted by Gasteiger charge is 2.21. The molecule has 10 heteroatoms. The van der Waals surface area contributed by atoms with Crippen molar-refractivity contribution in [1.82, 2.24) is 5.32 Å². The van der Waals surface area contributed by atoms with E-state index in [9.17, 15) is 9.59 Å². The number of rotatable bonds is 6. The first-order valence-corrected chi connectivity index (χ1v) is 11.9. The lowest BCUT2D eigenvalue weighted by molar-refractivity contribution is 0.0526. The molecule has 0 aliphatic rings. The Kier molecular flexibility index (Phi) is 9.17. The molecule has 1 N–H and O–H groups in total. The summed E-state index contributed by atoms with van der Waals surface area (Å²) in [5, 5.41) is 4.24. The second kappa shape index (κ2) is 11.9. The van der Waals surface area contributed by atoms with E-state index in [0.29, 0.717) is 31.9 Å². The summed E-state index contributed by atoms with van der Waals surface area (Å²) in [6.45, 7) is 2.15. The number of benzene rings is 3. The Labute approximate surface area is 222 Å². The molecule has 34 heavy (non-hydrogen) atoms. The average Bonchev–Trinajstić information content (AvgIpc) is 2.79. The predicted octanol–water partition coefficient (Wildman–Crippen LogP) is 7.20. The Morgan fingerprint density at radius 1 is 0.941 bits per heavy atom. The van der Waals surface area contributed by atoms with Gasteiger partial charge in [0.1, 0.15) is 0 Å². The first-order chi connectivity index (χ1) is 16.2. The molecule has 3 rings (SSSR count). The van der Waals surface area contributed by atoms with Crippen LogP contribution in [0.3, 0.4) is 0 Å². The number of nitrogens with zero attached hydrogens (tertiary/aromatic N) is 1.